The number of carbonyl (C=O) groups excluding carboxylic acids is 3. The Bertz CT molecular complexity index is 576. The van der Waals surface area contributed by atoms with Crippen LogP contribution in [-0.2, 0) is 14.4 Å². The van der Waals surface area contributed by atoms with Crippen molar-refractivity contribution in [2.75, 3.05) is 18.1 Å². The molecule has 0 aromatic rings. The van der Waals surface area contributed by atoms with Crippen LogP contribution in [0.1, 0.15) is 65.7 Å². The van der Waals surface area contributed by atoms with Crippen molar-refractivity contribution >= 4 is 29.5 Å². The number of carbonyl (C=O) groups is 3. The molecule has 1 spiro atoms. The molecule has 0 aromatic heterocycles. The topological polar surface area (TPSA) is 66.5 Å². The van der Waals surface area contributed by atoms with Gasteiger partial charge in [-0.1, -0.05) is 27.2 Å². The van der Waals surface area contributed by atoms with Crippen LogP contribution in [-0.4, -0.2) is 46.7 Å². The summed E-state index contributed by atoms with van der Waals surface area (Å²) in [6.45, 7) is 6.80. The first-order valence-electron chi connectivity index (χ1n) is 9.99. The molecule has 1 aliphatic carbocycles. The van der Waals surface area contributed by atoms with Crippen molar-refractivity contribution in [3.63, 3.8) is 0 Å². The van der Waals surface area contributed by atoms with Gasteiger partial charge in [0, 0.05) is 18.2 Å². The molecule has 2 aliphatic heterocycles. The summed E-state index contributed by atoms with van der Waals surface area (Å²) in [5.41, 5.74) is -0.164. The molecule has 6 heteroatoms. The van der Waals surface area contributed by atoms with Gasteiger partial charge in [-0.05, 0) is 49.2 Å². The average molecular weight is 381 g/mol. The highest BCUT2D eigenvalue weighted by Gasteiger charge is 2.53. The molecule has 3 fully saturated rings. The Hall–Kier alpha value is -1.04. The van der Waals surface area contributed by atoms with Gasteiger partial charge in [0.15, 0.2) is 0 Å². The molecule has 3 rings (SSSR count). The van der Waals surface area contributed by atoms with E-state index in [0.29, 0.717) is 17.1 Å². The number of rotatable bonds is 5. The van der Waals surface area contributed by atoms with Gasteiger partial charge < -0.3 is 5.32 Å². The Morgan fingerprint density at radius 2 is 1.96 bits per heavy atom. The molecular formula is C20H32N2O3S. The number of hydrogen-bond donors (Lipinski definition) is 1. The van der Waals surface area contributed by atoms with Crippen LogP contribution in [0, 0.1) is 16.7 Å². The number of thioether (sulfide) groups is 1. The van der Waals surface area contributed by atoms with Crippen LogP contribution in [0.3, 0.4) is 0 Å². The van der Waals surface area contributed by atoms with Gasteiger partial charge >= 0.3 is 0 Å². The number of hydrogen-bond acceptors (Lipinski definition) is 4. The van der Waals surface area contributed by atoms with Crippen molar-refractivity contribution in [3.8, 4) is 0 Å². The minimum absolute atomic E-state index is 0.107. The van der Waals surface area contributed by atoms with Crippen molar-refractivity contribution in [2.45, 2.75) is 71.8 Å². The summed E-state index contributed by atoms with van der Waals surface area (Å²) in [4.78, 5) is 38.6. The maximum atomic E-state index is 12.7. The molecule has 0 bridgehead atoms. The van der Waals surface area contributed by atoms with E-state index in [-0.39, 0.29) is 36.7 Å². The van der Waals surface area contributed by atoms with Gasteiger partial charge in [-0.2, -0.15) is 11.8 Å². The first-order chi connectivity index (χ1) is 12.3. The summed E-state index contributed by atoms with van der Waals surface area (Å²) >= 11 is 1.73. The molecular weight excluding hydrogens is 348 g/mol. The monoisotopic (exact) mass is 380 g/mol. The molecule has 1 atom stereocenters. The normalized spacial score (nSPS) is 32.5. The Balaban J connectivity index is 1.49. The molecule has 1 saturated carbocycles. The van der Waals surface area contributed by atoms with E-state index < -0.39 is 5.41 Å². The lowest BCUT2D eigenvalue weighted by molar-refractivity contribution is -0.144. The lowest BCUT2D eigenvalue weighted by atomic mass is 9.69. The predicted octanol–water partition coefficient (Wildman–Crippen LogP) is 2.98. The predicted molar refractivity (Wildman–Crippen MR) is 104 cm³/mol. The zero-order valence-electron chi connectivity index (χ0n) is 16.3. The van der Waals surface area contributed by atoms with E-state index >= 15 is 0 Å². The Morgan fingerprint density at radius 1 is 1.27 bits per heavy atom. The van der Waals surface area contributed by atoms with Crippen molar-refractivity contribution in [1.82, 2.24) is 10.2 Å². The van der Waals surface area contributed by atoms with E-state index in [0.717, 1.165) is 37.9 Å². The molecule has 5 nitrogen and oxygen atoms in total. The second kappa shape index (κ2) is 7.53. The largest absolute Gasteiger partial charge is 0.352 e. The minimum atomic E-state index is -0.522. The Morgan fingerprint density at radius 3 is 2.54 bits per heavy atom. The van der Waals surface area contributed by atoms with Gasteiger partial charge in [0.25, 0.3) is 0 Å². The Kier molecular flexibility index (Phi) is 5.71. The van der Waals surface area contributed by atoms with Gasteiger partial charge in [-0.15, -0.1) is 0 Å². The maximum Gasteiger partial charge on any atom is 0.240 e. The van der Waals surface area contributed by atoms with Crippen LogP contribution in [0.4, 0.5) is 0 Å². The maximum absolute atomic E-state index is 12.7. The molecule has 146 valence electrons. The number of nitrogens with one attached hydrogen (secondary N) is 1. The van der Waals surface area contributed by atoms with E-state index in [2.05, 4.69) is 26.1 Å². The van der Waals surface area contributed by atoms with E-state index in [1.807, 2.05) is 0 Å². The summed E-state index contributed by atoms with van der Waals surface area (Å²) in [6, 6.07) is 0.176. The summed E-state index contributed by atoms with van der Waals surface area (Å²) in [5.74, 6) is 1.86. The van der Waals surface area contributed by atoms with Gasteiger partial charge in [0.1, 0.15) is 6.54 Å². The molecule has 2 heterocycles. The van der Waals surface area contributed by atoms with Crippen LogP contribution in [0.25, 0.3) is 0 Å². The van der Waals surface area contributed by atoms with Crippen LogP contribution in [0.2, 0.25) is 0 Å². The minimum Gasteiger partial charge on any atom is -0.352 e. The van der Waals surface area contributed by atoms with Crippen LogP contribution < -0.4 is 5.32 Å². The molecule has 0 aromatic carbocycles. The van der Waals surface area contributed by atoms with Crippen molar-refractivity contribution in [1.29, 1.82) is 0 Å². The standard InChI is InChI=1S/C20H32N2O3S/c1-4-19(2,3)14-5-7-15(8-6-14)21-16(23)12-22-17(24)11-20(18(22)25)9-10-26-13-20/h14-15H,4-13H2,1-3H3,(H,21,23)/t14?,15?,20-/m1/s1. The first-order valence-corrected chi connectivity index (χ1v) is 11.1. The second-order valence-electron chi connectivity index (χ2n) is 9.00. The van der Waals surface area contributed by atoms with Crippen LogP contribution in [0.5, 0.6) is 0 Å². The summed E-state index contributed by atoms with van der Waals surface area (Å²) in [5, 5.41) is 3.07. The third kappa shape index (κ3) is 3.80. The zero-order chi connectivity index (χ0) is 18.9. The highest BCUT2D eigenvalue weighted by molar-refractivity contribution is 7.99. The van der Waals surface area contributed by atoms with Crippen LogP contribution >= 0.6 is 11.8 Å². The molecule has 0 unspecified atom stereocenters. The number of imide groups is 1. The first kappa shape index (κ1) is 19.7. The fourth-order valence-corrected chi connectivity index (χ4v) is 6.10. The lowest BCUT2D eigenvalue weighted by Crippen LogP contribution is -2.46. The highest BCUT2D eigenvalue weighted by atomic mass is 32.2. The SMILES string of the molecule is CCC(C)(C)C1CCC(NC(=O)CN2C(=O)C[C@@]3(CCSC3)C2=O)CC1. The molecule has 0 radical (unpaired) electrons. The van der Waals surface area contributed by atoms with Crippen molar-refractivity contribution < 1.29 is 14.4 Å². The number of nitrogens with zero attached hydrogens (tertiary/aromatic N) is 1. The molecule has 3 aliphatic rings. The quantitative estimate of drug-likeness (QED) is 0.745. The molecule has 26 heavy (non-hydrogen) atoms. The highest BCUT2D eigenvalue weighted by Crippen LogP contribution is 2.45. The summed E-state index contributed by atoms with van der Waals surface area (Å²) in [6.07, 6.45) is 6.46. The molecule has 3 amide bonds. The average Bonchev–Trinajstić information content (AvgIpc) is 3.16. The van der Waals surface area contributed by atoms with E-state index in [1.165, 1.54) is 11.3 Å². The van der Waals surface area contributed by atoms with Crippen molar-refractivity contribution in [2.24, 2.45) is 16.7 Å². The molecule has 1 N–H and O–H groups in total. The van der Waals surface area contributed by atoms with Gasteiger partial charge in [0.05, 0.1) is 5.41 Å². The fourth-order valence-electron chi connectivity index (χ4n) is 4.66. The molecule has 2 saturated heterocycles. The van der Waals surface area contributed by atoms with E-state index in [9.17, 15) is 14.4 Å². The summed E-state index contributed by atoms with van der Waals surface area (Å²) < 4.78 is 0. The van der Waals surface area contributed by atoms with E-state index in [4.69, 9.17) is 0 Å². The smallest absolute Gasteiger partial charge is 0.240 e. The fraction of sp³-hybridized carbons (Fsp3) is 0.850. The zero-order valence-corrected chi connectivity index (χ0v) is 17.1. The van der Waals surface area contributed by atoms with Crippen LogP contribution in [0.15, 0.2) is 0 Å². The van der Waals surface area contributed by atoms with Gasteiger partial charge in [-0.25, -0.2) is 0 Å². The number of amides is 3. The second-order valence-corrected chi connectivity index (χ2v) is 10.1. The van der Waals surface area contributed by atoms with Gasteiger partial charge in [0.2, 0.25) is 17.7 Å². The Labute approximate surface area is 161 Å². The third-order valence-corrected chi connectivity index (χ3v) is 8.25. The van der Waals surface area contributed by atoms with Gasteiger partial charge in [-0.3, -0.25) is 19.3 Å². The van der Waals surface area contributed by atoms with E-state index in [1.54, 1.807) is 11.8 Å². The third-order valence-electron chi connectivity index (χ3n) is 7.00. The lowest BCUT2D eigenvalue weighted by Gasteiger charge is -2.39. The number of likely N-dealkylation sites (tertiary alicyclic amines) is 1. The summed E-state index contributed by atoms with van der Waals surface area (Å²) in [7, 11) is 0. The van der Waals surface area contributed by atoms with Crippen molar-refractivity contribution in [3.05, 3.63) is 0 Å².